The minimum absolute atomic E-state index is 0. The molecule has 0 fully saturated rings. The van der Waals surface area contributed by atoms with E-state index in [1.807, 2.05) is 30.6 Å². The van der Waals surface area contributed by atoms with Crippen LogP contribution in [0.15, 0.2) is 30.6 Å². The quantitative estimate of drug-likeness (QED) is 0.431. The molecule has 0 unspecified atom stereocenters. The summed E-state index contributed by atoms with van der Waals surface area (Å²) >= 11 is 0. The standard InChI is InChI=1S/C5H5N.3ClH.Co/c1-2-4-6-5-3-1;;;;/h1-5H;3*1H;/q;;;;+2/p-2. The molecule has 1 rings (SSSR count). The zero-order valence-corrected chi connectivity index (χ0v) is 8.16. The first-order chi connectivity index (χ1) is 3.00. The van der Waals surface area contributed by atoms with Gasteiger partial charge in [-0.05, 0) is 0 Å². The molecule has 1 radical (unpaired) electrons. The van der Waals surface area contributed by atoms with Gasteiger partial charge in [0.25, 0.3) is 0 Å². The minimum atomic E-state index is 0. The molecule has 1 nitrogen and oxygen atoms in total. The number of pyridine rings is 1. The van der Waals surface area contributed by atoms with E-state index in [1.165, 1.54) is 0 Å². The fraction of sp³-hybridized carbons (Fsp3) is 0. The first-order valence-corrected chi connectivity index (χ1v) is 1.91. The van der Waals surface area contributed by atoms with Gasteiger partial charge in [0.1, 0.15) is 0 Å². The Labute approximate surface area is 89.4 Å². The van der Waals surface area contributed by atoms with Crippen LogP contribution in [-0.2, 0) is 16.8 Å². The van der Waals surface area contributed by atoms with Crippen molar-refractivity contribution in [1.29, 1.82) is 0 Å². The van der Waals surface area contributed by atoms with Crippen LogP contribution in [0.5, 0.6) is 0 Å². The Bertz CT molecular complexity index is 88.8. The van der Waals surface area contributed by atoms with E-state index in [1.54, 1.807) is 0 Å². The third kappa shape index (κ3) is 11.3. The molecule has 1 aromatic heterocycles. The van der Waals surface area contributed by atoms with E-state index in [9.17, 15) is 0 Å². The van der Waals surface area contributed by atoms with Crippen LogP contribution in [-0.4, -0.2) is 0 Å². The second-order valence-corrected chi connectivity index (χ2v) is 1.08. The molecule has 1 heterocycles. The molecule has 0 atom stereocenters. The maximum absolute atomic E-state index is 2.89. The third-order valence-corrected chi connectivity index (χ3v) is 0.607. The van der Waals surface area contributed by atoms with Crippen molar-refractivity contribution >= 4 is 0 Å². The van der Waals surface area contributed by atoms with E-state index in [4.69, 9.17) is 0 Å². The smallest absolute Gasteiger partial charge is 1.00 e. The average molecular weight is 245 g/mol. The Morgan fingerprint density at radius 3 is 1.20 bits per heavy atom. The summed E-state index contributed by atoms with van der Waals surface area (Å²) in [5.41, 5.74) is 0. The normalized spacial score (nSPS) is 4.80. The van der Waals surface area contributed by atoms with E-state index in [0.29, 0.717) is 0 Å². The number of halogens is 3. The molecule has 0 saturated carbocycles. The second kappa shape index (κ2) is 16.3. The van der Waals surface area contributed by atoms with Crippen molar-refractivity contribution < 1.29 is 59.0 Å². The number of aromatic amines is 1. The summed E-state index contributed by atoms with van der Waals surface area (Å²) in [6, 6.07) is 5.86. The Morgan fingerprint density at radius 2 is 1.10 bits per heavy atom. The van der Waals surface area contributed by atoms with Crippen molar-refractivity contribution in [2.75, 3.05) is 0 Å². The Balaban J connectivity index is -0.0000000450. The van der Waals surface area contributed by atoms with Crippen LogP contribution in [0.3, 0.4) is 0 Å². The van der Waals surface area contributed by atoms with Gasteiger partial charge in [-0.1, -0.05) is 6.07 Å². The molecule has 0 aliphatic carbocycles. The van der Waals surface area contributed by atoms with Crippen molar-refractivity contribution in [1.82, 2.24) is 0 Å². The number of H-pyrrole nitrogens is 1. The Kier molecular flexibility index (Phi) is 36.5. The Morgan fingerprint density at radius 1 is 0.700 bits per heavy atom. The molecule has 0 aliphatic heterocycles. The number of rotatable bonds is 0. The summed E-state index contributed by atoms with van der Waals surface area (Å²) in [6.07, 6.45) is 3.75. The monoisotopic (exact) mass is 244 g/mol. The largest absolute Gasteiger partial charge is 2.00 e. The van der Waals surface area contributed by atoms with Crippen LogP contribution in [0, 0.1) is 0 Å². The first kappa shape index (κ1) is 22.4. The zero-order valence-electron chi connectivity index (χ0n) is 4.85. The fourth-order valence-electron chi connectivity index (χ4n) is 0.342. The molecule has 61 valence electrons. The minimum Gasteiger partial charge on any atom is -1.00 e. The molecule has 0 aliphatic rings. The van der Waals surface area contributed by atoms with Crippen molar-refractivity contribution in [2.24, 2.45) is 0 Å². The fourth-order valence-corrected chi connectivity index (χ4v) is 0.342. The number of aromatic nitrogens is 1. The van der Waals surface area contributed by atoms with Gasteiger partial charge in [0.05, 0.1) is 0 Å². The van der Waals surface area contributed by atoms with E-state index >= 15 is 0 Å². The van der Waals surface area contributed by atoms with E-state index in [2.05, 4.69) is 4.98 Å². The van der Waals surface area contributed by atoms with Gasteiger partial charge in [0, 0.05) is 12.1 Å². The van der Waals surface area contributed by atoms with Gasteiger partial charge < -0.3 is 37.2 Å². The van der Waals surface area contributed by atoms with Gasteiger partial charge >= 0.3 is 16.8 Å². The molecule has 10 heavy (non-hydrogen) atoms. The molecule has 0 bridgehead atoms. The summed E-state index contributed by atoms with van der Waals surface area (Å²) in [5.74, 6) is 0. The van der Waals surface area contributed by atoms with Gasteiger partial charge in [0.2, 0.25) is 0 Å². The summed E-state index contributed by atoms with van der Waals surface area (Å²) in [5, 5.41) is 0. The molecule has 5 heteroatoms. The van der Waals surface area contributed by atoms with Gasteiger partial charge in [-0.3, -0.25) is 0 Å². The predicted molar refractivity (Wildman–Crippen MR) is 23.0 cm³/mol. The van der Waals surface area contributed by atoms with Crippen LogP contribution < -0.4 is 42.2 Å². The molecule has 1 N–H and O–H groups in total. The molecule has 1 aromatic rings. The van der Waals surface area contributed by atoms with Gasteiger partial charge in [-0.15, -0.1) is 0 Å². The summed E-state index contributed by atoms with van der Waals surface area (Å²) in [4.78, 5) is 2.89. The molecule has 0 aromatic carbocycles. The average Bonchev–Trinajstić information content (AvgIpc) is 1.72. The van der Waals surface area contributed by atoms with Crippen molar-refractivity contribution in [2.45, 2.75) is 0 Å². The second-order valence-electron chi connectivity index (χ2n) is 1.08. The molecule has 0 saturated heterocycles. The van der Waals surface area contributed by atoms with E-state index in [0.717, 1.165) is 0 Å². The number of hydrogen-bond donors (Lipinski definition) is 0. The Hall–Kier alpha value is 0.526. The number of nitrogens with one attached hydrogen (secondary N) is 1. The van der Waals surface area contributed by atoms with Gasteiger partial charge in [-0.2, -0.15) is 0 Å². The van der Waals surface area contributed by atoms with Crippen molar-refractivity contribution in [3.63, 3.8) is 0 Å². The maximum Gasteiger partial charge on any atom is 2.00 e. The van der Waals surface area contributed by atoms with E-state index < -0.39 is 0 Å². The van der Waals surface area contributed by atoms with Crippen LogP contribution >= 0.6 is 0 Å². The van der Waals surface area contributed by atoms with Gasteiger partial charge in [-0.25, -0.2) is 4.98 Å². The summed E-state index contributed by atoms with van der Waals surface area (Å²) < 4.78 is 0. The number of hydrogen-bond acceptors (Lipinski definition) is 0. The third-order valence-electron chi connectivity index (χ3n) is 0.607. The SMILES string of the molecule is [Cl-].[Cl-].[Cl-].[Co+2].c1cc[nH+]cc1. The van der Waals surface area contributed by atoms with Crippen LogP contribution in [0.4, 0.5) is 0 Å². The van der Waals surface area contributed by atoms with Crippen LogP contribution in [0.2, 0.25) is 0 Å². The topological polar surface area (TPSA) is 14.1 Å². The van der Waals surface area contributed by atoms with Crippen molar-refractivity contribution in [3.05, 3.63) is 30.6 Å². The first-order valence-electron chi connectivity index (χ1n) is 1.91. The maximum atomic E-state index is 2.89. The van der Waals surface area contributed by atoms with Gasteiger partial charge in [0.15, 0.2) is 12.4 Å². The molecule has 0 spiro atoms. The van der Waals surface area contributed by atoms with Crippen molar-refractivity contribution in [3.8, 4) is 0 Å². The van der Waals surface area contributed by atoms with Crippen LogP contribution in [0.1, 0.15) is 0 Å². The van der Waals surface area contributed by atoms with Crippen LogP contribution in [0.25, 0.3) is 0 Å². The summed E-state index contributed by atoms with van der Waals surface area (Å²) in [6.45, 7) is 0. The zero-order chi connectivity index (χ0) is 4.24. The predicted octanol–water partition coefficient (Wildman–Crippen LogP) is -8.49. The summed E-state index contributed by atoms with van der Waals surface area (Å²) in [7, 11) is 0. The van der Waals surface area contributed by atoms with E-state index in [-0.39, 0.29) is 54.0 Å². The molecular formula is C5H6Cl3CoN. The molecule has 0 amide bonds. The molecular weight excluding hydrogens is 239 g/mol.